The van der Waals surface area contributed by atoms with Crippen molar-refractivity contribution in [3.8, 4) is 28.3 Å². The van der Waals surface area contributed by atoms with Gasteiger partial charge in [0.2, 0.25) is 12.1 Å². The van der Waals surface area contributed by atoms with Gasteiger partial charge in [0.05, 0.1) is 29.0 Å². The van der Waals surface area contributed by atoms with E-state index in [1.165, 1.54) is 7.11 Å². The Morgan fingerprint density at radius 2 is 2.11 bits per heavy atom. The summed E-state index contributed by atoms with van der Waals surface area (Å²) in [5, 5.41) is 20.2. The number of amides is 1. The van der Waals surface area contributed by atoms with E-state index in [0.29, 0.717) is 5.56 Å². The number of fused-ring (bicyclic) bond motifs is 1. The number of hydrogen-bond donors (Lipinski definition) is 2. The monoisotopic (exact) mass is 471 g/mol. The van der Waals surface area contributed by atoms with Crippen LogP contribution in [0.5, 0.6) is 0 Å². The van der Waals surface area contributed by atoms with E-state index in [9.17, 15) is 10.1 Å². The van der Waals surface area contributed by atoms with Gasteiger partial charge in [-0.2, -0.15) is 15.5 Å². The smallest absolute Gasteiger partial charge is 0.246 e. The van der Waals surface area contributed by atoms with E-state index in [1.54, 1.807) is 10.7 Å². The number of H-pyrrole nitrogens is 1. The van der Waals surface area contributed by atoms with Crippen molar-refractivity contribution >= 4 is 17.2 Å². The molecule has 10 heteroatoms. The fourth-order valence-electron chi connectivity index (χ4n) is 4.58. The van der Waals surface area contributed by atoms with Crippen LogP contribution in [0, 0.1) is 11.3 Å². The van der Waals surface area contributed by atoms with E-state index < -0.39 is 0 Å². The fourth-order valence-corrected chi connectivity index (χ4v) is 4.58. The second kappa shape index (κ2) is 9.56. The number of nitrogens with zero attached hydrogens (tertiary/aromatic N) is 6. The number of piperidine rings is 1. The first kappa shape index (κ1) is 22.6. The number of anilines is 1. The quantitative estimate of drug-likeness (QED) is 0.415. The molecule has 0 bridgehead atoms. The molecular formula is C25H27N8O2+. The first-order chi connectivity index (χ1) is 17.1. The molecule has 0 radical (unpaired) electrons. The molecule has 0 saturated carbocycles. The van der Waals surface area contributed by atoms with Crippen LogP contribution in [-0.4, -0.2) is 58.5 Å². The number of ether oxygens (including phenoxy) is 1. The summed E-state index contributed by atoms with van der Waals surface area (Å²) in [4.78, 5) is 18.8. The summed E-state index contributed by atoms with van der Waals surface area (Å²) in [6.45, 7) is 1.72. The Kier molecular flexibility index (Phi) is 6.16. The van der Waals surface area contributed by atoms with Crippen molar-refractivity contribution < 1.29 is 14.2 Å². The molecule has 0 spiro atoms. The lowest BCUT2D eigenvalue weighted by Gasteiger charge is -2.33. The predicted octanol–water partition coefficient (Wildman–Crippen LogP) is 1.82. The minimum Gasteiger partial charge on any atom is -0.375 e. The second-order valence-corrected chi connectivity index (χ2v) is 8.74. The summed E-state index contributed by atoms with van der Waals surface area (Å²) in [6.07, 6.45) is 11.0. The highest BCUT2D eigenvalue weighted by atomic mass is 16.5. The molecule has 0 unspecified atom stereocenters. The van der Waals surface area contributed by atoms with Gasteiger partial charge in [-0.3, -0.25) is 4.79 Å². The molecule has 0 aliphatic carbocycles. The summed E-state index contributed by atoms with van der Waals surface area (Å²) in [5.74, 6) is 0.821. The number of pyridine rings is 2. The van der Waals surface area contributed by atoms with Crippen molar-refractivity contribution in [2.45, 2.75) is 18.9 Å². The van der Waals surface area contributed by atoms with Crippen molar-refractivity contribution in [3.05, 3.63) is 54.7 Å². The normalized spacial score (nSPS) is 14.3. The Hall–Kier alpha value is -4.23. The molecule has 4 aromatic heterocycles. The van der Waals surface area contributed by atoms with E-state index >= 15 is 0 Å². The summed E-state index contributed by atoms with van der Waals surface area (Å²) in [6, 6.07) is 8.54. The first-order valence-electron chi connectivity index (χ1n) is 11.5. The molecular weight excluding hydrogens is 444 g/mol. The summed E-state index contributed by atoms with van der Waals surface area (Å²) in [5.41, 5.74) is 5.11. The van der Waals surface area contributed by atoms with Crippen molar-refractivity contribution in [2.24, 2.45) is 7.05 Å². The van der Waals surface area contributed by atoms with Crippen molar-refractivity contribution in [3.63, 3.8) is 0 Å². The summed E-state index contributed by atoms with van der Waals surface area (Å²) >= 11 is 0. The van der Waals surface area contributed by atoms with Crippen LogP contribution < -0.4 is 14.9 Å². The lowest BCUT2D eigenvalue weighted by Crippen LogP contribution is -2.45. The van der Waals surface area contributed by atoms with Gasteiger partial charge < -0.3 is 15.0 Å². The molecule has 1 fully saturated rings. The standard InChI is InChI=1S/C25H26N8O2/c1-31-14-20(13-28-31)18-9-22(25-19(10-26)12-29-33(25)15-18)17-3-4-23(27-11-17)32-7-5-21(6-8-32)30-24(34)16-35-2/h3-4,9,11-15,21H,5-8,16H2,1-2H3,(H,30,34)/p+1. The van der Waals surface area contributed by atoms with E-state index in [2.05, 4.69) is 32.5 Å². The van der Waals surface area contributed by atoms with Gasteiger partial charge in [0, 0.05) is 55.3 Å². The first-order valence-corrected chi connectivity index (χ1v) is 11.5. The van der Waals surface area contributed by atoms with Crippen LogP contribution in [0.4, 0.5) is 5.82 Å². The third-order valence-electron chi connectivity index (χ3n) is 6.34. The Bertz CT molecular complexity index is 1390. The second-order valence-electron chi connectivity index (χ2n) is 8.74. The maximum Gasteiger partial charge on any atom is 0.246 e. The number of aromatic nitrogens is 5. The molecule has 0 aromatic carbocycles. The molecule has 35 heavy (non-hydrogen) atoms. The molecule has 10 nitrogen and oxygen atoms in total. The Morgan fingerprint density at radius 1 is 1.29 bits per heavy atom. The highest BCUT2D eigenvalue weighted by molar-refractivity contribution is 5.87. The number of carbonyl (C=O) groups is 1. The van der Waals surface area contributed by atoms with Gasteiger partial charge >= 0.3 is 0 Å². The lowest BCUT2D eigenvalue weighted by atomic mass is 10.0. The van der Waals surface area contributed by atoms with E-state index in [-0.39, 0.29) is 18.6 Å². The van der Waals surface area contributed by atoms with Crippen LogP contribution in [0.3, 0.4) is 0 Å². The zero-order valence-corrected chi connectivity index (χ0v) is 19.7. The highest BCUT2D eigenvalue weighted by Gasteiger charge is 2.22. The minimum absolute atomic E-state index is 0.0769. The Morgan fingerprint density at radius 3 is 2.77 bits per heavy atom. The zero-order valence-electron chi connectivity index (χ0n) is 19.7. The number of rotatable bonds is 6. The zero-order chi connectivity index (χ0) is 24.4. The van der Waals surface area contributed by atoms with Crippen LogP contribution >= 0.6 is 0 Å². The largest absolute Gasteiger partial charge is 0.375 e. The fraction of sp³-hybridized carbons (Fsp3) is 0.320. The van der Waals surface area contributed by atoms with Gasteiger partial charge in [-0.1, -0.05) is 0 Å². The number of methoxy groups -OCH3 is 1. The van der Waals surface area contributed by atoms with Crippen LogP contribution in [-0.2, 0) is 16.6 Å². The van der Waals surface area contributed by atoms with Crippen LogP contribution in [0.2, 0.25) is 0 Å². The van der Waals surface area contributed by atoms with Crippen LogP contribution in [0.1, 0.15) is 18.4 Å². The summed E-state index contributed by atoms with van der Waals surface area (Å²) < 4.78 is 8.53. The molecule has 5 heterocycles. The maximum absolute atomic E-state index is 11.8. The van der Waals surface area contributed by atoms with E-state index in [0.717, 1.165) is 59.5 Å². The number of carbonyl (C=O) groups excluding carboxylic acids is 1. The molecule has 1 amide bonds. The molecule has 0 atom stereocenters. The molecule has 1 saturated heterocycles. The topological polar surface area (TPSA) is 115 Å². The summed E-state index contributed by atoms with van der Waals surface area (Å²) in [7, 11) is 3.46. The Balaban J connectivity index is 1.40. The highest BCUT2D eigenvalue weighted by Crippen LogP contribution is 2.32. The molecule has 4 aromatic rings. The van der Waals surface area contributed by atoms with Crippen LogP contribution in [0.15, 0.2) is 49.2 Å². The van der Waals surface area contributed by atoms with Gasteiger partial charge in [-0.25, -0.2) is 9.50 Å². The van der Waals surface area contributed by atoms with Gasteiger partial charge in [0.15, 0.2) is 7.05 Å². The molecule has 5 rings (SSSR count). The number of nitriles is 1. The van der Waals surface area contributed by atoms with Gasteiger partial charge in [0.1, 0.15) is 18.5 Å². The van der Waals surface area contributed by atoms with Gasteiger partial charge in [-0.15, -0.1) is 4.68 Å². The van der Waals surface area contributed by atoms with Gasteiger partial charge in [0.25, 0.3) is 0 Å². The number of nitrogens with one attached hydrogen (secondary N) is 2. The number of aryl methyl sites for hydroxylation is 1. The average Bonchev–Trinajstić information content (AvgIpc) is 3.50. The third kappa shape index (κ3) is 4.58. The Labute approximate surface area is 202 Å². The van der Waals surface area contributed by atoms with Gasteiger partial charge in [-0.05, 0) is 31.0 Å². The molecule has 1 aliphatic rings. The van der Waals surface area contributed by atoms with E-state index in [4.69, 9.17) is 9.72 Å². The SMILES string of the molecule is COCC(=O)NC1CCN(c2ccc(-c3cc(-c4c[nH][n+](C)c4)cn4ncc(C#N)c34)cn2)CC1. The molecule has 2 N–H and O–H groups in total. The van der Waals surface area contributed by atoms with Crippen molar-refractivity contribution in [1.82, 2.24) is 25.0 Å². The number of hydrogen-bond acceptors (Lipinski definition) is 6. The molecule has 1 aliphatic heterocycles. The predicted molar refractivity (Wildman–Crippen MR) is 129 cm³/mol. The van der Waals surface area contributed by atoms with Crippen LogP contribution in [0.25, 0.3) is 27.8 Å². The third-order valence-corrected chi connectivity index (χ3v) is 6.34. The van der Waals surface area contributed by atoms with Crippen molar-refractivity contribution in [2.75, 3.05) is 31.7 Å². The van der Waals surface area contributed by atoms with Crippen molar-refractivity contribution in [1.29, 1.82) is 5.26 Å². The molecule has 178 valence electrons. The maximum atomic E-state index is 11.8. The minimum atomic E-state index is -0.0769. The average molecular weight is 472 g/mol. The van der Waals surface area contributed by atoms with E-state index in [1.807, 2.05) is 48.6 Å². The lowest BCUT2D eigenvalue weighted by molar-refractivity contribution is -0.726. The number of aromatic amines is 1.